The molecule has 2 rings (SSSR count). The van der Waals surface area contributed by atoms with Crippen molar-refractivity contribution in [3.05, 3.63) is 41.8 Å². The van der Waals surface area contributed by atoms with Crippen molar-refractivity contribution in [2.75, 3.05) is 5.32 Å². The van der Waals surface area contributed by atoms with Crippen LogP contribution < -0.4 is 11.1 Å². The molecule has 0 aliphatic carbocycles. The average molecular weight is 250 g/mol. The molecule has 0 aliphatic heterocycles. The normalized spacial score (nSPS) is 10.2. The zero-order chi connectivity index (χ0) is 12.4. The third-order valence-electron chi connectivity index (χ3n) is 2.34. The molecule has 0 unspecified atom stereocenters. The predicted molar refractivity (Wildman–Crippen MR) is 68.8 cm³/mol. The number of aryl methyl sites for hydroxylation is 1. The van der Waals surface area contributed by atoms with Gasteiger partial charge in [-0.25, -0.2) is 4.39 Å². The smallest absolute Gasteiger partial charge is 0.135 e. The number of nitrogens with zero attached hydrogens (tertiary/aromatic N) is 2. The molecule has 3 N–H and O–H groups in total. The second-order valence-corrected chi connectivity index (χ2v) is 3.93. The van der Waals surface area contributed by atoms with Crippen molar-refractivity contribution in [1.82, 2.24) is 9.78 Å². The highest BCUT2D eigenvalue weighted by Gasteiger charge is 2.11. The van der Waals surface area contributed by atoms with Gasteiger partial charge in [0.25, 0.3) is 0 Å². The van der Waals surface area contributed by atoms with E-state index in [1.54, 1.807) is 36.1 Å². The fourth-order valence-electron chi connectivity index (χ4n) is 1.51. The maximum absolute atomic E-state index is 13.6. The molecule has 4 nitrogen and oxygen atoms in total. The Balaban J connectivity index is 2.43. The quantitative estimate of drug-likeness (QED) is 0.817. The van der Waals surface area contributed by atoms with Crippen molar-refractivity contribution in [3.8, 4) is 0 Å². The van der Waals surface area contributed by atoms with Crippen LogP contribution >= 0.6 is 12.2 Å². The van der Waals surface area contributed by atoms with Gasteiger partial charge < -0.3 is 11.1 Å². The van der Waals surface area contributed by atoms with E-state index in [1.165, 1.54) is 6.07 Å². The molecule has 2 aromatic rings. The predicted octanol–water partition coefficient (Wildman–Crippen LogP) is 1.94. The van der Waals surface area contributed by atoms with Gasteiger partial charge in [-0.1, -0.05) is 18.3 Å². The van der Waals surface area contributed by atoms with Gasteiger partial charge in [-0.3, -0.25) is 4.68 Å². The Kier molecular flexibility index (Phi) is 3.06. The Labute approximate surface area is 103 Å². The van der Waals surface area contributed by atoms with Gasteiger partial charge >= 0.3 is 0 Å². The molecule has 17 heavy (non-hydrogen) atoms. The number of benzene rings is 1. The molecular formula is C11H11FN4S. The summed E-state index contributed by atoms with van der Waals surface area (Å²) in [7, 11) is 1.78. The van der Waals surface area contributed by atoms with E-state index in [9.17, 15) is 4.39 Å². The summed E-state index contributed by atoms with van der Waals surface area (Å²) in [5.74, 6) is 0.290. The van der Waals surface area contributed by atoms with E-state index in [1.807, 2.05) is 0 Å². The lowest BCUT2D eigenvalue weighted by Gasteiger charge is -2.11. The SMILES string of the molecule is Cn1nccc1Nc1cccc(F)c1C(N)=S. The van der Waals surface area contributed by atoms with Crippen molar-refractivity contribution in [1.29, 1.82) is 0 Å². The van der Waals surface area contributed by atoms with Crippen LogP contribution in [0.15, 0.2) is 30.5 Å². The standard InChI is InChI=1S/C11H11FN4S/c1-16-9(5-6-14-16)15-8-4-2-3-7(12)10(8)11(13)17/h2-6,15H,1H3,(H2,13,17). The fraction of sp³-hybridized carbons (Fsp3) is 0.0909. The maximum atomic E-state index is 13.6. The van der Waals surface area contributed by atoms with Crippen LogP contribution in [-0.2, 0) is 7.05 Å². The zero-order valence-electron chi connectivity index (χ0n) is 9.14. The third kappa shape index (κ3) is 2.26. The highest BCUT2D eigenvalue weighted by atomic mass is 32.1. The monoisotopic (exact) mass is 250 g/mol. The summed E-state index contributed by atoms with van der Waals surface area (Å²) in [5.41, 5.74) is 6.25. The van der Waals surface area contributed by atoms with E-state index in [0.29, 0.717) is 5.69 Å². The molecule has 0 bridgehead atoms. The van der Waals surface area contributed by atoms with Crippen LogP contribution in [0, 0.1) is 5.82 Å². The minimum Gasteiger partial charge on any atom is -0.389 e. The molecule has 0 aliphatic rings. The number of aromatic nitrogens is 2. The number of hydrogen-bond donors (Lipinski definition) is 2. The first kappa shape index (κ1) is 11.5. The topological polar surface area (TPSA) is 55.9 Å². The van der Waals surface area contributed by atoms with E-state index in [0.717, 1.165) is 5.82 Å². The van der Waals surface area contributed by atoms with Crippen molar-refractivity contribution in [3.63, 3.8) is 0 Å². The lowest BCUT2D eigenvalue weighted by atomic mass is 10.1. The Morgan fingerprint density at radius 1 is 1.47 bits per heavy atom. The van der Waals surface area contributed by atoms with Crippen molar-refractivity contribution in [2.45, 2.75) is 0 Å². The minimum atomic E-state index is -0.440. The first-order valence-corrected chi connectivity index (χ1v) is 5.34. The molecule has 6 heteroatoms. The first-order chi connectivity index (χ1) is 8.09. The van der Waals surface area contributed by atoms with Crippen molar-refractivity contribution in [2.24, 2.45) is 12.8 Å². The van der Waals surface area contributed by atoms with Gasteiger partial charge in [0.1, 0.15) is 16.6 Å². The summed E-state index contributed by atoms with van der Waals surface area (Å²) in [6.07, 6.45) is 1.64. The Hall–Kier alpha value is -1.95. The van der Waals surface area contributed by atoms with Gasteiger partial charge in [0.2, 0.25) is 0 Å². The molecule has 0 spiro atoms. The van der Waals surface area contributed by atoms with E-state index in [4.69, 9.17) is 18.0 Å². The van der Waals surface area contributed by atoms with Gasteiger partial charge in [0.05, 0.1) is 17.4 Å². The number of rotatable bonds is 3. The second-order valence-electron chi connectivity index (χ2n) is 3.49. The van der Waals surface area contributed by atoms with Crippen molar-refractivity contribution < 1.29 is 4.39 Å². The van der Waals surface area contributed by atoms with Gasteiger partial charge in [-0.05, 0) is 12.1 Å². The molecule has 0 radical (unpaired) electrons. The number of anilines is 2. The molecule has 1 aromatic heterocycles. The highest BCUT2D eigenvalue weighted by molar-refractivity contribution is 7.80. The van der Waals surface area contributed by atoms with E-state index >= 15 is 0 Å². The number of thiocarbonyl (C=S) groups is 1. The largest absolute Gasteiger partial charge is 0.389 e. The molecule has 0 amide bonds. The van der Waals surface area contributed by atoms with Crippen LogP contribution in [0.2, 0.25) is 0 Å². The minimum absolute atomic E-state index is 0.0211. The Bertz CT molecular complexity index is 564. The van der Waals surface area contributed by atoms with Crippen molar-refractivity contribution >= 4 is 28.7 Å². The zero-order valence-corrected chi connectivity index (χ0v) is 9.96. The molecule has 0 saturated heterocycles. The van der Waals surface area contributed by atoms with Gasteiger partial charge in [-0.2, -0.15) is 5.10 Å². The molecular weight excluding hydrogens is 239 g/mol. The van der Waals surface area contributed by atoms with Gasteiger partial charge in [0.15, 0.2) is 0 Å². The highest BCUT2D eigenvalue weighted by Crippen LogP contribution is 2.22. The summed E-state index contributed by atoms with van der Waals surface area (Å²) in [4.78, 5) is 0.0211. The summed E-state index contributed by atoms with van der Waals surface area (Å²) in [6, 6.07) is 6.40. The molecule has 0 atom stereocenters. The fourth-order valence-corrected chi connectivity index (χ4v) is 1.72. The van der Waals surface area contributed by atoms with Gasteiger partial charge in [-0.15, -0.1) is 0 Å². The van der Waals surface area contributed by atoms with Crippen LogP contribution in [0.4, 0.5) is 15.9 Å². The number of nitrogens with one attached hydrogen (secondary N) is 1. The summed E-state index contributed by atoms with van der Waals surface area (Å²) < 4.78 is 15.2. The van der Waals surface area contributed by atoms with E-state index in [-0.39, 0.29) is 10.6 Å². The number of hydrogen-bond acceptors (Lipinski definition) is 3. The number of nitrogens with two attached hydrogens (primary N) is 1. The molecule has 1 aromatic carbocycles. The van der Waals surface area contributed by atoms with Crippen LogP contribution in [0.5, 0.6) is 0 Å². The number of halogens is 1. The lowest BCUT2D eigenvalue weighted by molar-refractivity contribution is 0.626. The first-order valence-electron chi connectivity index (χ1n) is 4.93. The van der Waals surface area contributed by atoms with Gasteiger partial charge in [0, 0.05) is 13.1 Å². The van der Waals surface area contributed by atoms with Crippen LogP contribution in [0.3, 0.4) is 0 Å². The molecule has 0 fully saturated rings. The van der Waals surface area contributed by atoms with E-state index in [2.05, 4.69) is 10.4 Å². The second kappa shape index (κ2) is 4.50. The van der Waals surface area contributed by atoms with Crippen LogP contribution in [0.25, 0.3) is 0 Å². The molecule has 0 saturated carbocycles. The lowest BCUT2D eigenvalue weighted by Crippen LogP contribution is -2.14. The molecule has 1 heterocycles. The van der Waals surface area contributed by atoms with Crippen LogP contribution in [-0.4, -0.2) is 14.8 Å². The maximum Gasteiger partial charge on any atom is 0.135 e. The van der Waals surface area contributed by atoms with E-state index < -0.39 is 5.82 Å². The summed E-state index contributed by atoms with van der Waals surface area (Å²) >= 11 is 4.84. The molecule has 88 valence electrons. The Morgan fingerprint density at radius 3 is 2.82 bits per heavy atom. The average Bonchev–Trinajstić information content (AvgIpc) is 2.64. The van der Waals surface area contributed by atoms with Crippen LogP contribution in [0.1, 0.15) is 5.56 Å². The summed E-state index contributed by atoms with van der Waals surface area (Å²) in [5, 5.41) is 7.04. The Morgan fingerprint density at radius 2 is 2.24 bits per heavy atom. The summed E-state index contributed by atoms with van der Waals surface area (Å²) in [6.45, 7) is 0. The third-order valence-corrected chi connectivity index (χ3v) is 2.55.